The molecule has 0 radical (unpaired) electrons. The van der Waals surface area contributed by atoms with Crippen LogP contribution in [0.5, 0.6) is 0 Å². The lowest BCUT2D eigenvalue weighted by atomic mass is 9.97. The molecule has 3 aromatic rings. The van der Waals surface area contributed by atoms with E-state index in [2.05, 4.69) is 19.9 Å². The number of halogens is 3. The Labute approximate surface area is 171 Å². The molecular formula is C21H20F3N5O. The first-order valence-corrected chi connectivity index (χ1v) is 9.45. The number of pyridine rings is 1. The highest BCUT2D eigenvalue weighted by molar-refractivity contribution is 5.69. The van der Waals surface area contributed by atoms with E-state index in [1.165, 1.54) is 12.1 Å². The molecule has 1 aliphatic rings. The van der Waals surface area contributed by atoms with Gasteiger partial charge in [-0.2, -0.15) is 13.2 Å². The van der Waals surface area contributed by atoms with Gasteiger partial charge in [0, 0.05) is 49.4 Å². The Kier molecular flexibility index (Phi) is 5.65. The van der Waals surface area contributed by atoms with Crippen LogP contribution in [0.3, 0.4) is 0 Å². The van der Waals surface area contributed by atoms with Gasteiger partial charge in [-0.05, 0) is 29.3 Å². The zero-order valence-electron chi connectivity index (χ0n) is 16.1. The number of benzene rings is 1. The van der Waals surface area contributed by atoms with Gasteiger partial charge in [0.2, 0.25) is 5.95 Å². The highest BCUT2D eigenvalue weighted by atomic mass is 19.4. The van der Waals surface area contributed by atoms with Crippen LogP contribution in [0.4, 0.5) is 19.1 Å². The summed E-state index contributed by atoms with van der Waals surface area (Å²) in [6.07, 6.45) is 0.408. The molecule has 1 aliphatic heterocycles. The molecular weight excluding hydrogens is 395 g/mol. The lowest BCUT2D eigenvalue weighted by Crippen LogP contribution is -2.35. The van der Waals surface area contributed by atoms with E-state index in [4.69, 9.17) is 10.5 Å². The molecule has 30 heavy (non-hydrogen) atoms. The molecule has 2 N–H and O–H groups in total. The fourth-order valence-corrected chi connectivity index (χ4v) is 3.38. The third-order valence-electron chi connectivity index (χ3n) is 4.97. The predicted molar refractivity (Wildman–Crippen MR) is 106 cm³/mol. The van der Waals surface area contributed by atoms with Gasteiger partial charge in [-0.1, -0.05) is 12.1 Å². The standard InChI is InChI=1S/C21H20F3N5O/c22-21(23,24)17-2-3-18(15(9-17)13-29-5-7-30-8-6-29)14-1-4-19(26-10-14)16-11-27-20(25)28-12-16/h1-4,9-12H,5-8,13H2,(H2,25,27,28). The fraction of sp³-hybridized carbons (Fsp3) is 0.286. The van der Waals surface area contributed by atoms with Crippen LogP contribution in [-0.2, 0) is 17.5 Å². The van der Waals surface area contributed by atoms with E-state index in [0.717, 1.165) is 17.2 Å². The van der Waals surface area contributed by atoms with Crippen molar-refractivity contribution in [1.29, 1.82) is 0 Å². The van der Waals surface area contributed by atoms with Crippen molar-refractivity contribution in [3.63, 3.8) is 0 Å². The number of nitrogens with zero attached hydrogens (tertiary/aromatic N) is 4. The maximum atomic E-state index is 13.3. The first kappa shape index (κ1) is 20.2. The molecule has 9 heteroatoms. The van der Waals surface area contributed by atoms with Crippen LogP contribution in [0.15, 0.2) is 48.9 Å². The summed E-state index contributed by atoms with van der Waals surface area (Å²) in [5.74, 6) is 0.174. The molecule has 4 rings (SSSR count). The number of hydrogen-bond acceptors (Lipinski definition) is 6. The van der Waals surface area contributed by atoms with Gasteiger partial charge in [0.05, 0.1) is 24.5 Å². The van der Waals surface area contributed by atoms with Crippen LogP contribution in [0.2, 0.25) is 0 Å². The van der Waals surface area contributed by atoms with Crippen molar-refractivity contribution in [1.82, 2.24) is 19.9 Å². The molecule has 156 valence electrons. The van der Waals surface area contributed by atoms with E-state index in [1.54, 1.807) is 24.7 Å². The summed E-state index contributed by atoms with van der Waals surface area (Å²) in [6, 6.07) is 7.48. The highest BCUT2D eigenvalue weighted by Crippen LogP contribution is 2.34. The topological polar surface area (TPSA) is 77.2 Å². The molecule has 0 bridgehead atoms. The van der Waals surface area contributed by atoms with Crippen LogP contribution < -0.4 is 5.73 Å². The van der Waals surface area contributed by atoms with E-state index in [-0.39, 0.29) is 5.95 Å². The molecule has 0 atom stereocenters. The molecule has 2 aromatic heterocycles. The number of nitrogen functional groups attached to an aromatic ring is 1. The van der Waals surface area contributed by atoms with E-state index in [1.807, 2.05) is 6.07 Å². The first-order valence-electron chi connectivity index (χ1n) is 9.45. The van der Waals surface area contributed by atoms with Crippen LogP contribution in [0.1, 0.15) is 11.1 Å². The molecule has 6 nitrogen and oxygen atoms in total. The maximum absolute atomic E-state index is 13.3. The maximum Gasteiger partial charge on any atom is 0.416 e. The average Bonchev–Trinajstić information content (AvgIpc) is 2.75. The summed E-state index contributed by atoms with van der Waals surface area (Å²) in [4.78, 5) is 14.4. The van der Waals surface area contributed by atoms with Crippen molar-refractivity contribution in [2.24, 2.45) is 0 Å². The second-order valence-electron chi connectivity index (χ2n) is 7.02. The molecule has 1 aromatic carbocycles. The number of hydrogen-bond donors (Lipinski definition) is 1. The van der Waals surface area contributed by atoms with Gasteiger partial charge >= 0.3 is 6.18 Å². The molecule has 0 spiro atoms. The summed E-state index contributed by atoms with van der Waals surface area (Å²) in [5, 5.41) is 0. The van der Waals surface area contributed by atoms with Gasteiger partial charge in [-0.25, -0.2) is 9.97 Å². The second-order valence-corrected chi connectivity index (χ2v) is 7.02. The number of aromatic nitrogens is 3. The SMILES string of the molecule is Nc1ncc(-c2ccc(-c3ccc(C(F)(F)F)cc3CN3CCOCC3)cn2)cn1. The Balaban J connectivity index is 1.67. The third-order valence-corrected chi connectivity index (χ3v) is 4.97. The summed E-state index contributed by atoms with van der Waals surface area (Å²) in [5.41, 5.74) is 8.29. The Morgan fingerprint density at radius 3 is 2.27 bits per heavy atom. The first-order chi connectivity index (χ1) is 14.4. The zero-order chi connectivity index (χ0) is 21.1. The number of morpholine rings is 1. The van der Waals surface area contributed by atoms with Crippen LogP contribution >= 0.6 is 0 Å². The Morgan fingerprint density at radius 1 is 0.933 bits per heavy atom. The monoisotopic (exact) mass is 415 g/mol. The number of alkyl halides is 3. The molecule has 3 heterocycles. The van der Waals surface area contributed by atoms with Crippen LogP contribution in [-0.4, -0.2) is 46.2 Å². The predicted octanol–water partition coefficient (Wildman–Crippen LogP) is 3.64. The fourth-order valence-electron chi connectivity index (χ4n) is 3.38. The van der Waals surface area contributed by atoms with E-state index < -0.39 is 11.7 Å². The van der Waals surface area contributed by atoms with Crippen LogP contribution in [0, 0.1) is 0 Å². The average molecular weight is 415 g/mol. The van der Waals surface area contributed by atoms with Crippen molar-refractivity contribution in [2.75, 3.05) is 32.0 Å². The van der Waals surface area contributed by atoms with Gasteiger partial charge in [0.1, 0.15) is 0 Å². The minimum atomic E-state index is -4.39. The van der Waals surface area contributed by atoms with Gasteiger partial charge in [0.25, 0.3) is 0 Å². The number of ether oxygens (including phenoxy) is 1. The second kappa shape index (κ2) is 8.37. The molecule has 1 saturated heterocycles. The summed E-state index contributed by atoms with van der Waals surface area (Å²) >= 11 is 0. The Bertz CT molecular complexity index is 1000. The minimum absolute atomic E-state index is 0.174. The number of rotatable bonds is 4. The molecule has 1 fully saturated rings. The van der Waals surface area contributed by atoms with Crippen molar-refractivity contribution in [3.8, 4) is 22.4 Å². The molecule has 0 unspecified atom stereocenters. The summed E-state index contributed by atoms with van der Waals surface area (Å²) in [7, 11) is 0. The summed E-state index contributed by atoms with van der Waals surface area (Å²) < 4.78 is 45.2. The van der Waals surface area contributed by atoms with Crippen molar-refractivity contribution >= 4 is 5.95 Å². The number of anilines is 1. The largest absolute Gasteiger partial charge is 0.416 e. The minimum Gasteiger partial charge on any atom is -0.379 e. The quantitative estimate of drug-likeness (QED) is 0.701. The van der Waals surface area contributed by atoms with Crippen molar-refractivity contribution in [2.45, 2.75) is 12.7 Å². The van der Waals surface area contributed by atoms with Gasteiger partial charge in [-0.15, -0.1) is 0 Å². The van der Waals surface area contributed by atoms with Crippen LogP contribution in [0.25, 0.3) is 22.4 Å². The third kappa shape index (κ3) is 4.58. The lowest BCUT2D eigenvalue weighted by Gasteiger charge is -2.27. The summed E-state index contributed by atoms with van der Waals surface area (Å²) in [6.45, 7) is 2.94. The Hall–Kier alpha value is -3.04. The van der Waals surface area contributed by atoms with E-state index in [9.17, 15) is 13.2 Å². The Morgan fingerprint density at radius 2 is 1.63 bits per heavy atom. The van der Waals surface area contributed by atoms with Crippen molar-refractivity contribution < 1.29 is 17.9 Å². The lowest BCUT2D eigenvalue weighted by molar-refractivity contribution is -0.137. The van der Waals surface area contributed by atoms with Crippen molar-refractivity contribution in [3.05, 3.63) is 60.0 Å². The zero-order valence-corrected chi connectivity index (χ0v) is 16.1. The smallest absolute Gasteiger partial charge is 0.379 e. The molecule has 0 saturated carbocycles. The number of nitrogens with two attached hydrogens (primary N) is 1. The van der Waals surface area contributed by atoms with E-state index in [0.29, 0.717) is 49.7 Å². The van der Waals surface area contributed by atoms with Gasteiger partial charge in [-0.3, -0.25) is 9.88 Å². The van der Waals surface area contributed by atoms with Gasteiger partial charge < -0.3 is 10.5 Å². The van der Waals surface area contributed by atoms with Gasteiger partial charge in [0.15, 0.2) is 0 Å². The highest BCUT2D eigenvalue weighted by Gasteiger charge is 2.31. The molecule has 0 aliphatic carbocycles. The normalized spacial score (nSPS) is 15.3. The van der Waals surface area contributed by atoms with E-state index >= 15 is 0 Å². The molecule has 0 amide bonds.